The molecule has 0 saturated heterocycles. The first-order valence-electron chi connectivity index (χ1n) is 3.93. The molecule has 0 radical (unpaired) electrons. The van der Waals surface area contributed by atoms with Crippen LogP contribution < -0.4 is 0 Å². The van der Waals surface area contributed by atoms with Crippen LogP contribution in [0.1, 0.15) is 19.3 Å². The van der Waals surface area contributed by atoms with Crippen molar-refractivity contribution >= 4 is 34.5 Å². The molecule has 0 aromatic carbocycles. The third kappa shape index (κ3) is 1.54. The molecule has 0 aromatic heterocycles. The zero-order valence-corrected chi connectivity index (χ0v) is 8.70. The Morgan fingerprint density at radius 1 is 1.55 bits per heavy atom. The Morgan fingerprint density at radius 2 is 2.36 bits per heavy atom. The van der Waals surface area contributed by atoms with E-state index in [1.54, 1.807) is 0 Å². The number of rotatable bonds is 1. The third-order valence-corrected chi connectivity index (χ3v) is 4.17. The first-order chi connectivity index (χ1) is 5.20. The van der Waals surface area contributed by atoms with Crippen molar-refractivity contribution in [3.8, 4) is 0 Å². The highest BCUT2D eigenvalue weighted by atomic mass is 35.9. The van der Waals surface area contributed by atoms with Crippen molar-refractivity contribution in [1.82, 2.24) is 0 Å². The summed E-state index contributed by atoms with van der Waals surface area (Å²) < 4.78 is 0. The molecule has 2 unspecified atom stereocenters. The molecule has 2 bridgehead atoms. The molecule has 2 aliphatic carbocycles. The Labute approximate surface area is 77.5 Å². The van der Waals surface area contributed by atoms with Crippen LogP contribution in [0.4, 0.5) is 0 Å². The van der Waals surface area contributed by atoms with Gasteiger partial charge in [0.1, 0.15) is 0 Å². The van der Waals surface area contributed by atoms with E-state index in [0.717, 1.165) is 5.92 Å². The molecule has 0 aromatic rings. The monoisotopic (exact) mass is 208 g/mol. The van der Waals surface area contributed by atoms with Gasteiger partial charge in [0, 0.05) is 11.7 Å². The SMILES string of the molecule is Cl[PH](Cl)=CC12C=CC(CC1)C2. The van der Waals surface area contributed by atoms with E-state index < -0.39 is 6.25 Å². The molecule has 0 nitrogen and oxygen atoms in total. The van der Waals surface area contributed by atoms with Gasteiger partial charge in [0.05, 0.1) is 0 Å². The summed E-state index contributed by atoms with van der Waals surface area (Å²) >= 11 is 11.6. The lowest BCUT2D eigenvalue weighted by Crippen LogP contribution is -2.11. The molecule has 2 atom stereocenters. The zero-order valence-electron chi connectivity index (χ0n) is 6.19. The van der Waals surface area contributed by atoms with Crippen LogP contribution in [-0.4, -0.2) is 5.80 Å². The molecule has 0 amide bonds. The smallest absolute Gasteiger partial charge is 0.0471 e. The normalized spacial score (nSPS) is 40.5. The summed E-state index contributed by atoms with van der Waals surface area (Å²) in [6, 6.07) is 0. The van der Waals surface area contributed by atoms with E-state index >= 15 is 0 Å². The molecule has 0 heterocycles. The lowest BCUT2D eigenvalue weighted by molar-refractivity contribution is 0.587. The maximum Gasteiger partial charge on any atom is 0.0471 e. The predicted molar refractivity (Wildman–Crippen MR) is 55.0 cm³/mol. The van der Waals surface area contributed by atoms with E-state index in [1.165, 1.54) is 19.3 Å². The van der Waals surface area contributed by atoms with Crippen LogP contribution in [0.25, 0.3) is 0 Å². The van der Waals surface area contributed by atoms with Crippen molar-refractivity contribution in [3.05, 3.63) is 12.2 Å². The van der Waals surface area contributed by atoms with Gasteiger partial charge in [0.25, 0.3) is 0 Å². The van der Waals surface area contributed by atoms with Crippen molar-refractivity contribution in [2.24, 2.45) is 11.3 Å². The summed E-state index contributed by atoms with van der Waals surface area (Å²) in [5, 5.41) is 0. The Balaban J connectivity index is 2.24. The minimum absolute atomic E-state index is 0.308. The fraction of sp³-hybridized carbons (Fsp3) is 0.625. The summed E-state index contributed by atoms with van der Waals surface area (Å²) in [4.78, 5) is 0. The molecule has 2 aliphatic rings. The van der Waals surface area contributed by atoms with Crippen LogP contribution in [0.2, 0.25) is 0 Å². The maximum absolute atomic E-state index is 5.82. The molecule has 0 spiro atoms. The zero-order chi connectivity index (χ0) is 7.90. The van der Waals surface area contributed by atoms with Gasteiger partial charge < -0.3 is 0 Å². The van der Waals surface area contributed by atoms with Gasteiger partial charge in [-0.05, 0) is 25.2 Å². The minimum atomic E-state index is -1.19. The number of fused-ring (bicyclic) bond motifs is 2. The second-order valence-electron chi connectivity index (χ2n) is 3.53. The molecule has 0 N–H and O–H groups in total. The Hall–Kier alpha value is 0.620. The van der Waals surface area contributed by atoms with E-state index in [2.05, 4.69) is 17.9 Å². The number of halogens is 2. The second-order valence-corrected chi connectivity index (χ2v) is 7.42. The van der Waals surface area contributed by atoms with Crippen LogP contribution in [0.15, 0.2) is 12.2 Å². The average molecular weight is 209 g/mol. The van der Waals surface area contributed by atoms with Gasteiger partial charge in [-0.2, -0.15) is 0 Å². The molecule has 62 valence electrons. The lowest BCUT2D eigenvalue weighted by atomic mass is 9.91. The Morgan fingerprint density at radius 3 is 2.73 bits per heavy atom. The second kappa shape index (κ2) is 2.83. The number of hydrogen-bond donors (Lipinski definition) is 0. The molecular formula is C8H11Cl2P. The molecular weight excluding hydrogens is 198 g/mol. The summed E-state index contributed by atoms with van der Waals surface area (Å²) in [6.45, 7) is 0. The highest BCUT2D eigenvalue weighted by molar-refractivity contribution is 8.02. The molecule has 3 heteroatoms. The van der Waals surface area contributed by atoms with Gasteiger partial charge >= 0.3 is 0 Å². The largest absolute Gasteiger partial charge is 0.0845 e. The fourth-order valence-electron chi connectivity index (χ4n) is 2.19. The van der Waals surface area contributed by atoms with Crippen LogP contribution in [-0.2, 0) is 0 Å². The topological polar surface area (TPSA) is 0 Å². The fourth-order valence-corrected chi connectivity index (χ4v) is 4.28. The van der Waals surface area contributed by atoms with Gasteiger partial charge in [-0.1, -0.05) is 40.4 Å². The average Bonchev–Trinajstić information content (AvgIpc) is 2.43. The van der Waals surface area contributed by atoms with Crippen molar-refractivity contribution in [2.75, 3.05) is 0 Å². The van der Waals surface area contributed by atoms with Gasteiger partial charge in [-0.25, -0.2) is 0 Å². The predicted octanol–water partition coefficient (Wildman–Crippen LogP) is 3.67. The van der Waals surface area contributed by atoms with Crippen LogP contribution in [0, 0.1) is 11.3 Å². The Bertz CT molecular complexity index is 230. The lowest BCUT2D eigenvalue weighted by Gasteiger charge is -2.17. The van der Waals surface area contributed by atoms with E-state index in [-0.39, 0.29) is 0 Å². The van der Waals surface area contributed by atoms with Gasteiger partial charge in [-0.3, -0.25) is 0 Å². The number of hydrogen-bond acceptors (Lipinski definition) is 0. The van der Waals surface area contributed by atoms with Crippen LogP contribution in [0.3, 0.4) is 0 Å². The molecule has 0 aliphatic heterocycles. The van der Waals surface area contributed by atoms with Crippen molar-refractivity contribution in [3.63, 3.8) is 0 Å². The summed E-state index contributed by atoms with van der Waals surface area (Å²) in [6.07, 6.45) is 7.29. The highest BCUT2D eigenvalue weighted by Gasteiger charge is 2.38. The quantitative estimate of drug-likeness (QED) is 0.456. The van der Waals surface area contributed by atoms with E-state index in [4.69, 9.17) is 22.5 Å². The molecule has 11 heavy (non-hydrogen) atoms. The van der Waals surface area contributed by atoms with E-state index in [0.29, 0.717) is 5.41 Å². The summed E-state index contributed by atoms with van der Waals surface area (Å²) in [5.74, 6) is 2.99. The highest BCUT2D eigenvalue weighted by Crippen LogP contribution is 2.51. The first kappa shape index (κ1) is 8.23. The van der Waals surface area contributed by atoms with Gasteiger partial charge in [-0.15, -0.1) is 0 Å². The van der Waals surface area contributed by atoms with Gasteiger partial charge in [0.15, 0.2) is 0 Å². The standard InChI is InChI=1S/C8H11Cl2P/c9-11(10)6-8-3-1-7(5-8)2-4-8/h1,3,6-7,11H,2,4-5H2. The van der Waals surface area contributed by atoms with Crippen LogP contribution >= 0.6 is 28.7 Å². The Kier molecular flexibility index (Phi) is 2.12. The van der Waals surface area contributed by atoms with E-state index in [9.17, 15) is 0 Å². The van der Waals surface area contributed by atoms with Crippen molar-refractivity contribution in [1.29, 1.82) is 0 Å². The summed E-state index contributed by atoms with van der Waals surface area (Å²) in [5.41, 5.74) is 0.308. The van der Waals surface area contributed by atoms with Crippen LogP contribution in [0.5, 0.6) is 0 Å². The molecule has 2 rings (SSSR count). The van der Waals surface area contributed by atoms with Gasteiger partial charge in [0.2, 0.25) is 0 Å². The minimum Gasteiger partial charge on any atom is -0.0845 e. The van der Waals surface area contributed by atoms with Crippen molar-refractivity contribution in [2.45, 2.75) is 19.3 Å². The van der Waals surface area contributed by atoms with E-state index in [1.807, 2.05) is 0 Å². The molecule has 1 fully saturated rings. The first-order valence-corrected chi connectivity index (χ1v) is 7.54. The number of allylic oxidation sites excluding steroid dienone is 2. The molecule has 1 saturated carbocycles. The third-order valence-electron chi connectivity index (χ3n) is 2.72. The van der Waals surface area contributed by atoms with Crippen molar-refractivity contribution < 1.29 is 0 Å². The summed E-state index contributed by atoms with van der Waals surface area (Å²) in [7, 11) is 0. The maximum atomic E-state index is 5.82.